The summed E-state index contributed by atoms with van der Waals surface area (Å²) in [5.74, 6) is -0.397. The van der Waals surface area contributed by atoms with Gasteiger partial charge in [-0.3, -0.25) is 4.79 Å². The molecular weight excluding hydrogens is 270 g/mol. The first-order valence-electron chi connectivity index (χ1n) is 6.80. The molecule has 1 aliphatic carbocycles. The molecule has 2 aromatic rings. The first kappa shape index (κ1) is 13.6. The predicted octanol–water partition coefficient (Wildman–Crippen LogP) is 1.46. The Morgan fingerprint density at radius 3 is 2.90 bits per heavy atom. The van der Waals surface area contributed by atoms with Gasteiger partial charge in [0.05, 0.1) is 0 Å². The highest BCUT2D eigenvalue weighted by Gasteiger charge is 2.22. The Bertz CT molecular complexity index is 762. The third-order valence-electron chi connectivity index (χ3n) is 3.61. The van der Waals surface area contributed by atoms with Crippen molar-refractivity contribution in [3.8, 4) is 0 Å². The van der Waals surface area contributed by atoms with Crippen molar-refractivity contribution in [1.82, 2.24) is 5.32 Å². The van der Waals surface area contributed by atoms with Gasteiger partial charge in [-0.1, -0.05) is 30.4 Å². The van der Waals surface area contributed by atoms with E-state index >= 15 is 0 Å². The molecule has 21 heavy (non-hydrogen) atoms. The fraction of sp³-hybridized carbons (Fsp3) is 0.250. The van der Waals surface area contributed by atoms with Crippen LogP contribution in [0.5, 0.6) is 0 Å². The average Bonchev–Trinajstić information content (AvgIpc) is 2.94. The molecule has 2 N–H and O–H groups in total. The van der Waals surface area contributed by atoms with Gasteiger partial charge in [-0.05, 0) is 18.6 Å². The van der Waals surface area contributed by atoms with E-state index in [0.717, 1.165) is 0 Å². The first-order valence-corrected chi connectivity index (χ1v) is 6.80. The van der Waals surface area contributed by atoms with Crippen molar-refractivity contribution in [3.05, 3.63) is 58.5 Å². The van der Waals surface area contributed by atoms with Gasteiger partial charge < -0.3 is 14.8 Å². The molecule has 0 aliphatic heterocycles. The molecule has 0 bridgehead atoms. The molecular formula is C16H15NO4. The Labute approximate surface area is 120 Å². The minimum atomic E-state index is -0.646. The van der Waals surface area contributed by atoms with Crippen molar-refractivity contribution < 1.29 is 14.3 Å². The second-order valence-electron chi connectivity index (χ2n) is 5.13. The van der Waals surface area contributed by atoms with Crippen LogP contribution in [0.15, 0.2) is 51.7 Å². The van der Waals surface area contributed by atoms with Crippen LogP contribution < -0.4 is 10.9 Å². The standard InChI is InChI=1S/C16H15NO4/c18-9-10-5-6-12(7-10)17-15(19)13-8-11-3-1-2-4-14(11)21-16(13)20/h1-6,8,10,12,18H,7,9H2,(H,17,19)/t10-,12+/m0/s1. The summed E-state index contributed by atoms with van der Waals surface area (Å²) < 4.78 is 5.15. The van der Waals surface area contributed by atoms with Gasteiger partial charge in [0, 0.05) is 24.0 Å². The summed E-state index contributed by atoms with van der Waals surface area (Å²) in [5, 5.41) is 12.5. The highest BCUT2D eigenvalue weighted by molar-refractivity contribution is 5.96. The summed E-state index contributed by atoms with van der Waals surface area (Å²) in [4.78, 5) is 24.1. The number of benzene rings is 1. The molecule has 1 heterocycles. The molecule has 1 aromatic heterocycles. The maximum atomic E-state index is 12.2. The second-order valence-corrected chi connectivity index (χ2v) is 5.13. The van der Waals surface area contributed by atoms with Crippen LogP contribution >= 0.6 is 0 Å². The van der Waals surface area contributed by atoms with E-state index in [4.69, 9.17) is 9.52 Å². The zero-order valence-electron chi connectivity index (χ0n) is 11.3. The van der Waals surface area contributed by atoms with Crippen LogP contribution in [0.4, 0.5) is 0 Å². The zero-order valence-corrected chi connectivity index (χ0v) is 11.3. The van der Waals surface area contributed by atoms with E-state index in [-0.39, 0.29) is 24.1 Å². The lowest BCUT2D eigenvalue weighted by Crippen LogP contribution is -2.35. The minimum Gasteiger partial charge on any atom is -0.422 e. The highest BCUT2D eigenvalue weighted by Crippen LogP contribution is 2.18. The number of rotatable bonds is 3. The lowest BCUT2D eigenvalue weighted by molar-refractivity contribution is 0.0937. The van der Waals surface area contributed by atoms with Crippen LogP contribution in [0.3, 0.4) is 0 Å². The highest BCUT2D eigenvalue weighted by atomic mass is 16.4. The third-order valence-corrected chi connectivity index (χ3v) is 3.61. The van der Waals surface area contributed by atoms with Gasteiger partial charge in [0.25, 0.3) is 5.91 Å². The lowest BCUT2D eigenvalue weighted by atomic mass is 10.1. The predicted molar refractivity (Wildman–Crippen MR) is 78.1 cm³/mol. The van der Waals surface area contributed by atoms with E-state index < -0.39 is 11.5 Å². The molecule has 3 rings (SSSR count). The van der Waals surface area contributed by atoms with Gasteiger partial charge >= 0.3 is 5.63 Å². The number of nitrogens with one attached hydrogen (secondary N) is 1. The number of fused-ring (bicyclic) bond motifs is 1. The minimum absolute atomic E-state index is 0.00505. The number of carbonyl (C=O) groups is 1. The maximum Gasteiger partial charge on any atom is 0.349 e. The third kappa shape index (κ3) is 2.73. The number of hydrogen-bond acceptors (Lipinski definition) is 4. The molecule has 0 saturated carbocycles. The summed E-state index contributed by atoms with van der Waals surface area (Å²) in [6, 6.07) is 8.43. The van der Waals surface area contributed by atoms with Gasteiger partial charge in [-0.25, -0.2) is 4.79 Å². The SMILES string of the molecule is O=C(N[C@@H]1C=C[C@H](CO)C1)c1cc2ccccc2oc1=O. The molecule has 0 fully saturated rings. The van der Waals surface area contributed by atoms with E-state index in [2.05, 4.69) is 5.32 Å². The molecule has 5 nitrogen and oxygen atoms in total. The molecule has 1 aliphatic rings. The van der Waals surface area contributed by atoms with E-state index in [9.17, 15) is 9.59 Å². The number of aliphatic hydroxyl groups excluding tert-OH is 1. The summed E-state index contributed by atoms with van der Waals surface area (Å²) in [6.07, 6.45) is 4.34. The van der Waals surface area contributed by atoms with Crippen LogP contribution in [0, 0.1) is 5.92 Å². The fourth-order valence-electron chi connectivity index (χ4n) is 2.48. The van der Waals surface area contributed by atoms with Crippen molar-refractivity contribution in [3.63, 3.8) is 0 Å². The quantitative estimate of drug-likeness (QED) is 0.661. The summed E-state index contributed by atoms with van der Waals surface area (Å²) in [6.45, 7) is 0.0565. The van der Waals surface area contributed by atoms with Crippen LogP contribution in [0.1, 0.15) is 16.8 Å². The molecule has 1 aromatic carbocycles. The molecule has 0 radical (unpaired) electrons. The average molecular weight is 285 g/mol. The number of amides is 1. The van der Waals surface area contributed by atoms with E-state index in [1.807, 2.05) is 18.2 Å². The van der Waals surface area contributed by atoms with Crippen molar-refractivity contribution in [2.75, 3.05) is 6.61 Å². The van der Waals surface area contributed by atoms with E-state index in [0.29, 0.717) is 17.4 Å². The summed E-state index contributed by atoms with van der Waals surface area (Å²) in [5.41, 5.74) is -0.193. The summed E-state index contributed by atoms with van der Waals surface area (Å²) >= 11 is 0. The monoisotopic (exact) mass is 285 g/mol. The molecule has 0 saturated heterocycles. The fourth-order valence-corrected chi connectivity index (χ4v) is 2.48. The van der Waals surface area contributed by atoms with Gasteiger partial charge in [-0.2, -0.15) is 0 Å². The Morgan fingerprint density at radius 2 is 2.14 bits per heavy atom. The Kier molecular flexibility index (Phi) is 3.58. The van der Waals surface area contributed by atoms with Gasteiger partial charge in [-0.15, -0.1) is 0 Å². The number of aliphatic hydroxyl groups is 1. The molecule has 0 unspecified atom stereocenters. The van der Waals surface area contributed by atoms with E-state index in [1.54, 1.807) is 24.3 Å². The number of carbonyl (C=O) groups excluding carboxylic acids is 1. The normalized spacial score (nSPS) is 20.8. The largest absolute Gasteiger partial charge is 0.422 e. The van der Waals surface area contributed by atoms with Crippen molar-refractivity contribution in [1.29, 1.82) is 0 Å². The molecule has 5 heteroatoms. The van der Waals surface area contributed by atoms with Gasteiger partial charge in [0.15, 0.2) is 0 Å². The second kappa shape index (κ2) is 5.54. The van der Waals surface area contributed by atoms with Crippen LogP contribution in [0.25, 0.3) is 11.0 Å². The molecule has 0 spiro atoms. The molecule has 2 atom stereocenters. The van der Waals surface area contributed by atoms with Crippen LogP contribution in [0.2, 0.25) is 0 Å². The van der Waals surface area contributed by atoms with Crippen molar-refractivity contribution in [2.24, 2.45) is 5.92 Å². The van der Waals surface area contributed by atoms with Crippen LogP contribution in [-0.4, -0.2) is 23.7 Å². The first-order chi connectivity index (χ1) is 10.2. The topological polar surface area (TPSA) is 79.5 Å². The molecule has 108 valence electrons. The van der Waals surface area contributed by atoms with Crippen molar-refractivity contribution in [2.45, 2.75) is 12.5 Å². The molecule has 1 amide bonds. The number of para-hydroxylation sites is 1. The van der Waals surface area contributed by atoms with Gasteiger partial charge in [0.1, 0.15) is 11.1 Å². The van der Waals surface area contributed by atoms with Crippen LogP contribution in [-0.2, 0) is 0 Å². The van der Waals surface area contributed by atoms with E-state index in [1.165, 1.54) is 0 Å². The maximum absolute atomic E-state index is 12.2. The van der Waals surface area contributed by atoms with Gasteiger partial charge in [0.2, 0.25) is 0 Å². The van der Waals surface area contributed by atoms with Crippen molar-refractivity contribution >= 4 is 16.9 Å². The Hall–Kier alpha value is -2.40. The Morgan fingerprint density at radius 1 is 1.33 bits per heavy atom. The smallest absolute Gasteiger partial charge is 0.349 e. The summed E-state index contributed by atoms with van der Waals surface area (Å²) in [7, 11) is 0. The lowest BCUT2D eigenvalue weighted by Gasteiger charge is -2.12. The Balaban J connectivity index is 1.83. The number of hydrogen-bond donors (Lipinski definition) is 2. The zero-order chi connectivity index (χ0) is 14.8.